The molecule has 0 saturated carbocycles. The van der Waals surface area contributed by atoms with Crippen LogP contribution >= 0.6 is 0 Å². The molecule has 3 heteroatoms. The summed E-state index contributed by atoms with van der Waals surface area (Å²) in [5.74, 6) is 2.17. The molecule has 2 rings (SSSR count). The van der Waals surface area contributed by atoms with Crippen molar-refractivity contribution in [2.75, 3.05) is 21.3 Å². The minimum atomic E-state index is 0.678. The first-order valence-electron chi connectivity index (χ1n) is 8.12. The molecule has 0 heterocycles. The first-order chi connectivity index (χ1) is 11.3. The Morgan fingerprint density at radius 1 is 0.652 bits per heavy atom. The van der Waals surface area contributed by atoms with Crippen molar-refractivity contribution in [2.45, 2.75) is 32.1 Å². The van der Waals surface area contributed by atoms with Gasteiger partial charge in [0, 0.05) is 0 Å². The second-order valence-corrected chi connectivity index (χ2v) is 5.54. The number of methoxy groups -OCH3 is 3. The number of ether oxygens (including phenoxy) is 3. The molecule has 0 bridgehead atoms. The van der Waals surface area contributed by atoms with Crippen LogP contribution in [0, 0.1) is 0 Å². The van der Waals surface area contributed by atoms with Gasteiger partial charge in [0.2, 0.25) is 5.75 Å². The molecule has 0 aliphatic heterocycles. The fourth-order valence-corrected chi connectivity index (χ4v) is 2.83. The average Bonchev–Trinajstić information content (AvgIpc) is 2.61. The van der Waals surface area contributed by atoms with Crippen molar-refractivity contribution < 1.29 is 14.2 Å². The Morgan fingerprint density at radius 2 is 1.35 bits per heavy atom. The molecule has 2 aromatic rings. The summed E-state index contributed by atoms with van der Waals surface area (Å²) in [6.07, 6.45) is 5.67. The summed E-state index contributed by atoms with van der Waals surface area (Å²) < 4.78 is 16.3. The van der Waals surface area contributed by atoms with Gasteiger partial charge in [0.05, 0.1) is 21.3 Å². The number of hydrogen-bond donors (Lipinski definition) is 0. The molecule has 0 saturated heterocycles. The first kappa shape index (κ1) is 17.2. The molecule has 0 spiro atoms. The van der Waals surface area contributed by atoms with E-state index in [1.807, 2.05) is 6.07 Å². The van der Waals surface area contributed by atoms with Crippen molar-refractivity contribution in [1.29, 1.82) is 0 Å². The Labute approximate surface area is 139 Å². The summed E-state index contributed by atoms with van der Waals surface area (Å²) in [6, 6.07) is 14.7. The van der Waals surface area contributed by atoms with Gasteiger partial charge in [0.1, 0.15) is 0 Å². The van der Waals surface area contributed by atoms with Crippen LogP contribution in [0.1, 0.15) is 30.4 Å². The molecule has 0 unspecified atom stereocenters. The maximum Gasteiger partial charge on any atom is 0.203 e. The number of rotatable bonds is 9. The van der Waals surface area contributed by atoms with Gasteiger partial charge >= 0.3 is 0 Å². The number of benzene rings is 2. The van der Waals surface area contributed by atoms with Crippen LogP contribution in [0.25, 0.3) is 0 Å². The van der Waals surface area contributed by atoms with E-state index in [1.54, 1.807) is 21.3 Å². The Balaban J connectivity index is 1.88. The van der Waals surface area contributed by atoms with Crippen molar-refractivity contribution in [1.82, 2.24) is 0 Å². The monoisotopic (exact) mass is 314 g/mol. The molecule has 2 aromatic carbocycles. The zero-order valence-electron chi connectivity index (χ0n) is 14.3. The molecule has 0 amide bonds. The number of unbranched alkanes of at least 4 members (excludes halogenated alkanes) is 2. The zero-order chi connectivity index (χ0) is 16.5. The average molecular weight is 314 g/mol. The Morgan fingerprint density at radius 3 is 2.00 bits per heavy atom. The van der Waals surface area contributed by atoms with Gasteiger partial charge in [-0.15, -0.1) is 0 Å². The Kier molecular flexibility index (Phi) is 6.79. The van der Waals surface area contributed by atoms with Crippen LogP contribution in [0.15, 0.2) is 42.5 Å². The summed E-state index contributed by atoms with van der Waals surface area (Å²) in [6.45, 7) is 0. The van der Waals surface area contributed by atoms with Crippen LogP contribution in [0.4, 0.5) is 0 Å². The Hall–Kier alpha value is -2.16. The van der Waals surface area contributed by atoms with E-state index in [2.05, 4.69) is 36.4 Å². The van der Waals surface area contributed by atoms with Crippen molar-refractivity contribution >= 4 is 0 Å². The van der Waals surface area contributed by atoms with E-state index in [4.69, 9.17) is 14.2 Å². The third kappa shape index (κ3) is 4.65. The molecule has 0 atom stereocenters. The second-order valence-electron chi connectivity index (χ2n) is 5.54. The lowest BCUT2D eigenvalue weighted by molar-refractivity contribution is 0.322. The molecule has 0 aromatic heterocycles. The third-order valence-electron chi connectivity index (χ3n) is 4.04. The van der Waals surface area contributed by atoms with Crippen molar-refractivity contribution in [3.05, 3.63) is 53.6 Å². The highest BCUT2D eigenvalue weighted by Gasteiger charge is 2.15. The van der Waals surface area contributed by atoms with Crippen molar-refractivity contribution in [3.8, 4) is 17.2 Å². The molecular formula is C20H26O3. The lowest BCUT2D eigenvalue weighted by Crippen LogP contribution is -1.99. The summed E-state index contributed by atoms with van der Waals surface area (Å²) in [4.78, 5) is 0. The minimum Gasteiger partial charge on any atom is -0.493 e. The molecule has 124 valence electrons. The zero-order valence-corrected chi connectivity index (χ0v) is 14.3. The Bertz CT molecular complexity index is 593. The van der Waals surface area contributed by atoms with Crippen LogP contribution in [0.5, 0.6) is 17.2 Å². The third-order valence-corrected chi connectivity index (χ3v) is 4.04. The second kappa shape index (κ2) is 9.09. The van der Waals surface area contributed by atoms with E-state index in [0.29, 0.717) is 11.5 Å². The molecular weight excluding hydrogens is 288 g/mol. The summed E-state index contributed by atoms with van der Waals surface area (Å²) in [5.41, 5.74) is 2.58. The smallest absolute Gasteiger partial charge is 0.203 e. The maximum atomic E-state index is 5.53. The summed E-state index contributed by atoms with van der Waals surface area (Å²) in [5, 5.41) is 0. The van der Waals surface area contributed by atoms with E-state index >= 15 is 0 Å². The predicted molar refractivity (Wildman–Crippen MR) is 93.8 cm³/mol. The fourth-order valence-electron chi connectivity index (χ4n) is 2.83. The normalized spacial score (nSPS) is 10.4. The molecule has 0 N–H and O–H groups in total. The van der Waals surface area contributed by atoms with E-state index in [-0.39, 0.29) is 0 Å². The quantitative estimate of drug-likeness (QED) is 0.630. The van der Waals surface area contributed by atoms with E-state index in [1.165, 1.54) is 24.0 Å². The summed E-state index contributed by atoms with van der Waals surface area (Å²) >= 11 is 0. The minimum absolute atomic E-state index is 0.678. The van der Waals surface area contributed by atoms with Gasteiger partial charge in [0.25, 0.3) is 0 Å². The van der Waals surface area contributed by atoms with Gasteiger partial charge in [0.15, 0.2) is 11.5 Å². The lowest BCUT2D eigenvalue weighted by atomic mass is 10.0. The van der Waals surface area contributed by atoms with Gasteiger partial charge < -0.3 is 14.2 Å². The van der Waals surface area contributed by atoms with Crippen LogP contribution < -0.4 is 14.2 Å². The van der Waals surface area contributed by atoms with Crippen molar-refractivity contribution in [2.24, 2.45) is 0 Å². The molecule has 0 radical (unpaired) electrons. The largest absolute Gasteiger partial charge is 0.493 e. The molecule has 3 nitrogen and oxygen atoms in total. The highest BCUT2D eigenvalue weighted by atomic mass is 16.5. The first-order valence-corrected chi connectivity index (χ1v) is 8.12. The van der Waals surface area contributed by atoms with Crippen LogP contribution in [-0.4, -0.2) is 21.3 Å². The SMILES string of the molecule is COc1ccc(CCCCCc2ccccc2)c(OC)c1OC. The highest BCUT2D eigenvalue weighted by molar-refractivity contribution is 5.55. The van der Waals surface area contributed by atoms with E-state index in [0.717, 1.165) is 25.0 Å². The molecule has 0 fully saturated rings. The van der Waals surface area contributed by atoms with Crippen molar-refractivity contribution in [3.63, 3.8) is 0 Å². The molecule has 0 aliphatic carbocycles. The topological polar surface area (TPSA) is 27.7 Å². The van der Waals surface area contributed by atoms with Gasteiger partial charge in [-0.05, 0) is 42.9 Å². The summed E-state index contributed by atoms with van der Waals surface area (Å²) in [7, 11) is 4.96. The van der Waals surface area contributed by atoms with Gasteiger partial charge in [-0.3, -0.25) is 0 Å². The van der Waals surface area contributed by atoms with Gasteiger partial charge in [-0.1, -0.05) is 42.8 Å². The maximum absolute atomic E-state index is 5.53. The highest BCUT2D eigenvalue weighted by Crippen LogP contribution is 2.40. The number of hydrogen-bond acceptors (Lipinski definition) is 3. The van der Waals surface area contributed by atoms with Crippen LogP contribution in [0.3, 0.4) is 0 Å². The fraction of sp³-hybridized carbons (Fsp3) is 0.400. The predicted octanol–water partition coefficient (Wildman–Crippen LogP) is 4.67. The van der Waals surface area contributed by atoms with E-state index < -0.39 is 0 Å². The lowest BCUT2D eigenvalue weighted by Gasteiger charge is -2.15. The van der Waals surface area contributed by atoms with Gasteiger partial charge in [-0.25, -0.2) is 0 Å². The number of aryl methyl sites for hydroxylation is 2. The van der Waals surface area contributed by atoms with Crippen LogP contribution in [-0.2, 0) is 12.8 Å². The molecule has 23 heavy (non-hydrogen) atoms. The van der Waals surface area contributed by atoms with E-state index in [9.17, 15) is 0 Å². The van der Waals surface area contributed by atoms with Gasteiger partial charge in [-0.2, -0.15) is 0 Å². The molecule has 0 aliphatic rings. The standard InChI is InChI=1S/C20H26O3/c1-21-18-15-14-17(19(22-2)20(18)23-3)13-9-5-8-12-16-10-6-4-7-11-16/h4,6-7,10-11,14-15H,5,8-9,12-13H2,1-3H3. The van der Waals surface area contributed by atoms with Crippen LogP contribution in [0.2, 0.25) is 0 Å².